The van der Waals surface area contributed by atoms with Crippen LogP contribution in [0.4, 0.5) is 0 Å². The zero-order valence-corrected chi connectivity index (χ0v) is 16.5. The molecule has 0 heterocycles. The number of hydrogen-bond acceptors (Lipinski definition) is 4. The van der Waals surface area contributed by atoms with E-state index in [1.807, 2.05) is 26.0 Å². The molecule has 26 heavy (non-hydrogen) atoms. The van der Waals surface area contributed by atoms with Gasteiger partial charge < -0.3 is 4.90 Å². The van der Waals surface area contributed by atoms with Crippen LogP contribution in [0.5, 0.6) is 0 Å². The average Bonchev–Trinajstić information content (AvgIpc) is 2.62. The second kappa shape index (κ2) is 7.99. The first-order chi connectivity index (χ1) is 12.2. The first-order valence-electron chi connectivity index (χ1n) is 8.11. The lowest BCUT2D eigenvalue weighted by Crippen LogP contribution is -2.28. The van der Waals surface area contributed by atoms with Gasteiger partial charge in [-0.2, -0.15) is 0 Å². The molecule has 0 aliphatic heterocycles. The normalized spacial score (nSPS) is 11.6. The summed E-state index contributed by atoms with van der Waals surface area (Å²) in [6.45, 7) is 4.48. The van der Waals surface area contributed by atoms with Gasteiger partial charge in [0.2, 0.25) is 0 Å². The van der Waals surface area contributed by atoms with Crippen molar-refractivity contribution in [2.45, 2.75) is 25.3 Å². The number of benzene rings is 2. The Balaban J connectivity index is 2.25. The van der Waals surface area contributed by atoms with Gasteiger partial charge >= 0.3 is 0 Å². The van der Waals surface area contributed by atoms with Gasteiger partial charge in [-0.05, 0) is 43.2 Å². The molecule has 0 aliphatic carbocycles. The Morgan fingerprint density at radius 1 is 1.08 bits per heavy atom. The minimum absolute atomic E-state index is 0.00705. The third-order valence-corrected chi connectivity index (χ3v) is 5.90. The zero-order chi connectivity index (χ0) is 19.5. The van der Waals surface area contributed by atoms with Gasteiger partial charge in [-0.25, -0.2) is 8.42 Å². The Morgan fingerprint density at radius 2 is 1.77 bits per heavy atom. The molecule has 0 saturated heterocycles. The molecule has 7 heteroatoms. The number of sulfonamides is 1. The van der Waals surface area contributed by atoms with Gasteiger partial charge in [0, 0.05) is 26.2 Å². The van der Waals surface area contributed by atoms with Crippen LogP contribution in [0.2, 0.25) is 0 Å². The van der Waals surface area contributed by atoms with E-state index in [0.29, 0.717) is 12.1 Å². The number of hydrogen-bond donors (Lipinski definition) is 0. The zero-order valence-electron chi connectivity index (χ0n) is 15.7. The van der Waals surface area contributed by atoms with E-state index in [1.165, 1.54) is 31.9 Å². The largest absolute Gasteiger partial charge is 0.337 e. The molecule has 1 amide bonds. The lowest BCUT2D eigenvalue weighted by atomic mass is 10.1. The Bertz CT molecular complexity index is 910. The van der Waals surface area contributed by atoms with E-state index in [1.54, 1.807) is 24.1 Å². The van der Waals surface area contributed by atoms with Gasteiger partial charge in [-0.3, -0.25) is 9.63 Å². The molecule has 0 bridgehead atoms. The molecule has 6 nitrogen and oxygen atoms in total. The van der Waals surface area contributed by atoms with Crippen molar-refractivity contribution in [3.63, 3.8) is 0 Å². The fourth-order valence-electron chi connectivity index (χ4n) is 2.61. The molecular formula is C19H24N2O4S. The SMILES string of the molecule is CON(C)S(=O)(=O)c1cccc(C(=O)N(C)Cc2ccc(C)cc2C)c1. The van der Waals surface area contributed by atoms with Gasteiger partial charge in [0.1, 0.15) is 0 Å². The van der Waals surface area contributed by atoms with E-state index in [4.69, 9.17) is 4.84 Å². The Kier molecular flexibility index (Phi) is 6.17. The highest BCUT2D eigenvalue weighted by Gasteiger charge is 2.22. The molecule has 2 aromatic carbocycles. The molecular weight excluding hydrogens is 352 g/mol. The third kappa shape index (κ3) is 4.30. The van der Waals surface area contributed by atoms with Crippen molar-refractivity contribution in [1.29, 1.82) is 0 Å². The van der Waals surface area contributed by atoms with Gasteiger partial charge in [-0.15, -0.1) is 0 Å². The maximum Gasteiger partial charge on any atom is 0.264 e. The summed E-state index contributed by atoms with van der Waals surface area (Å²) >= 11 is 0. The number of aryl methyl sites for hydroxylation is 2. The van der Waals surface area contributed by atoms with E-state index in [-0.39, 0.29) is 10.8 Å². The summed E-state index contributed by atoms with van der Waals surface area (Å²) in [6.07, 6.45) is 0. The van der Waals surface area contributed by atoms with E-state index < -0.39 is 10.0 Å². The van der Waals surface area contributed by atoms with Gasteiger partial charge in [0.15, 0.2) is 0 Å². The van der Waals surface area contributed by atoms with Crippen molar-refractivity contribution in [3.05, 3.63) is 64.7 Å². The number of carbonyl (C=O) groups excluding carboxylic acids is 1. The average molecular weight is 376 g/mol. The van der Waals surface area contributed by atoms with Crippen molar-refractivity contribution >= 4 is 15.9 Å². The molecule has 140 valence electrons. The first-order valence-corrected chi connectivity index (χ1v) is 9.55. The minimum atomic E-state index is -3.80. The number of rotatable bonds is 6. The van der Waals surface area contributed by atoms with Crippen LogP contribution in [0.1, 0.15) is 27.0 Å². The quantitative estimate of drug-likeness (QED) is 0.727. The fraction of sp³-hybridized carbons (Fsp3) is 0.316. The lowest BCUT2D eigenvalue weighted by molar-refractivity contribution is -0.0258. The first kappa shape index (κ1) is 20.1. The monoisotopic (exact) mass is 376 g/mol. The topological polar surface area (TPSA) is 66.9 Å². The molecule has 0 N–H and O–H groups in total. The molecule has 0 saturated carbocycles. The summed E-state index contributed by atoms with van der Waals surface area (Å²) < 4.78 is 25.5. The predicted molar refractivity (Wildman–Crippen MR) is 100 cm³/mol. The van der Waals surface area contributed by atoms with E-state index in [2.05, 4.69) is 6.07 Å². The summed E-state index contributed by atoms with van der Waals surface area (Å²) in [5.41, 5.74) is 3.64. The van der Waals surface area contributed by atoms with E-state index >= 15 is 0 Å². The summed E-state index contributed by atoms with van der Waals surface area (Å²) in [6, 6.07) is 12.0. The maximum atomic E-state index is 12.7. The molecule has 0 fully saturated rings. The fourth-order valence-corrected chi connectivity index (χ4v) is 3.63. The Labute approximate surface area is 155 Å². The summed E-state index contributed by atoms with van der Waals surface area (Å²) in [7, 11) is 0.468. The molecule has 0 spiro atoms. The number of hydroxylamine groups is 1. The molecule has 0 aromatic heterocycles. The third-order valence-electron chi connectivity index (χ3n) is 4.23. The summed E-state index contributed by atoms with van der Waals surface area (Å²) in [4.78, 5) is 19.1. The van der Waals surface area contributed by atoms with Crippen LogP contribution in [0.3, 0.4) is 0 Å². The molecule has 0 radical (unpaired) electrons. The van der Waals surface area contributed by atoms with E-state index in [9.17, 15) is 13.2 Å². The highest BCUT2D eigenvalue weighted by atomic mass is 32.2. The molecule has 0 atom stereocenters. The molecule has 2 aromatic rings. The van der Waals surface area contributed by atoms with Gasteiger partial charge in [-0.1, -0.05) is 34.3 Å². The van der Waals surface area contributed by atoms with Crippen molar-refractivity contribution in [1.82, 2.24) is 9.37 Å². The molecule has 2 rings (SSSR count). The second-order valence-corrected chi connectivity index (χ2v) is 8.15. The highest BCUT2D eigenvalue weighted by molar-refractivity contribution is 7.89. The van der Waals surface area contributed by atoms with Gasteiger partial charge in [0.05, 0.1) is 12.0 Å². The van der Waals surface area contributed by atoms with Crippen LogP contribution in [0.25, 0.3) is 0 Å². The van der Waals surface area contributed by atoms with Crippen molar-refractivity contribution in [2.75, 3.05) is 21.2 Å². The van der Waals surface area contributed by atoms with Crippen LogP contribution >= 0.6 is 0 Å². The van der Waals surface area contributed by atoms with Crippen molar-refractivity contribution in [2.24, 2.45) is 0 Å². The smallest absolute Gasteiger partial charge is 0.264 e. The molecule has 0 aliphatic rings. The maximum absolute atomic E-state index is 12.7. The van der Waals surface area contributed by atoms with Gasteiger partial charge in [0.25, 0.3) is 15.9 Å². The van der Waals surface area contributed by atoms with E-state index in [0.717, 1.165) is 15.6 Å². The van der Waals surface area contributed by atoms with Crippen LogP contribution < -0.4 is 0 Å². The summed E-state index contributed by atoms with van der Waals surface area (Å²) in [5, 5.41) is 0. The Hall–Kier alpha value is -2.22. The standard InChI is InChI=1S/C19H24N2O4S/c1-14-9-10-17(15(2)11-14)13-20(3)19(22)16-7-6-8-18(12-16)26(23,24)21(4)25-5/h6-12H,13H2,1-5H3. The highest BCUT2D eigenvalue weighted by Crippen LogP contribution is 2.18. The number of amides is 1. The van der Waals surface area contributed by atoms with Crippen molar-refractivity contribution < 1.29 is 18.0 Å². The Morgan fingerprint density at radius 3 is 2.38 bits per heavy atom. The second-order valence-electron chi connectivity index (χ2n) is 6.22. The summed E-state index contributed by atoms with van der Waals surface area (Å²) in [5.74, 6) is -0.248. The van der Waals surface area contributed by atoms with Crippen molar-refractivity contribution in [3.8, 4) is 0 Å². The lowest BCUT2D eigenvalue weighted by Gasteiger charge is -2.20. The van der Waals surface area contributed by atoms with Crippen LogP contribution in [-0.4, -0.2) is 44.9 Å². The van der Waals surface area contributed by atoms with Crippen LogP contribution in [-0.2, 0) is 21.4 Å². The minimum Gasteiger partial charge on any atom is -0.337 e. The number of nitrogens with zero attached hydrogens (tertiary/aromatic N) is 2. The molecule has 0 unspecified atom stereocenters. The van der Waals surface area contributed by atoms with Crippen LogP contribution in [0, 0.1) is 13.8 Å². The van der Waals surface area contributed by atoms with Crippen LogP contribution in [0.15, 0.2) is 47.4 Å². The predicted octanol–water partition coefficient (Wildman–Crippen LogP) is 2.76. The number of carbonyl (C=O) groups is 1.